The number of hydrogen-bond donors (Lipinski definition) is 2. The fourth-order valence-electron chi connectivity index (χ4n) is 5.24. The van der Waals surface area contributed by atoms with Gasteiger partial charge in [0.15, 0.2) is 17.3 Å². The molecule has 4 heterocycles. The first-order chi connectivity index (χ1) is 13.8. The Bertz CT molecular complexity index is 814. The number of carboxylic acids is 1. The molecule has 1 aromatic heterocycles. The molecule has 3 aliphatic heterocycles. The number of methoxy groups -OCH3 is 1. The Labute approximate surface area is 170 Å². The number of aromatic nitrogens is 1. The second-order valence-corrected chi connectivity index (χ2v) is 8.84. The van der Waals surface area contributed by atoms with Crippen LogP contribution in [0, 0.1) is 17.8 Å². The zero-order chi connectivity index (χ0) is 20.8. The first kappa shape index (κ1) is 19.9. The van der Waals surface area contributed by atoms with Crippen LogP contribution in [0.4, 0.5) is 5.82 Å². The molecular weight excluding hydrogens is 374 g/mol. The zero-order valence-corrected chi connectivity index (χ0v) is 17.2. The Morgan fingerprint density at radius 1 is 1.45 bits per heavy atom. The van der Waals surface area contributed by atoms with Crippen LogP contribution in [0.25, 0.3) is 0 Å². The number of carbonyl (C=O) groups is 2. The standard InChI is InChI=1S/C21H29N3O5/c1-12(2)8-18(25)22-9-13-14-10-24(11-21(14)7-6-16(13)29-21)19-17(28-3)5-4-15(23-19)20(26)27/h4-5,12-14,16H,6-11H2,1-3H3,(H,22,25)(H,26,27)/t13-,14+,16+,21+/m0/s1. The lowest BCUT2D eigenvalue weighted by molar-refractivity contribution is -0.122. The van der Waals surface area contributed by atoms with E-state index in [9.17, 15) is 14.7 Å². The number of fused-ring (bicyclic) bond motifs is 1. The number of anilines is 1. The number of carboxylic acid groups (broad SMARTS) is 1. The summed E-state index contributed by atoms with van der Waals surface area (Å²) in [5, 5.41) is 12.4. The SMILES string of the molecule is COc1ccc(C(=O)O)nc1N1C[C@@H]2[C@H](CNC(=O)CC(C)C)[C@H]3CC[C@]2(C1)O3. The molecule has 0 aliphatic carbocycles. The number of pyridine rings is 1. The first-order valence-electron chi connectivity index (χ1n) is 10.3. The molecule has 2 bridgehead atoms. The number of amides is 1. The molecule has 29 heavy (non-hydrogen) atoms. The number of carbonyl (C=O) groups excluding carboxylic acids is 1. The molecule has 4 rings (SSSR count). The average Bonchev–Trinajstić information content (AvgIpc) is 3.33. The molecule has 0 unspecified atom stereocenters. The third-order valence-electron chi connectivity index (χ3n) is 6.49. The van der Waals surface area contributed by atoms with Gasteiger partial charge in [0.25, 0.3) is 0 Å². The summed E-state index contributed by atoms with van der Waals surface area (Å²) in [6, 6.07) is 3.11. The van der Waals surface area contributed by atoms with Crippen molar-refractivity contribution in [2.45, 2.75) is 44.8 Å². The van der Waals surface area contributed by atoms with E-state index in [-0.39, 0.29) is 35.1 Å². The summed E-state index contributed by atoms with van der Waals surface area (Å²) < 4.78 is 11.9. The molecule has 4 atom stereocenters. The number of hydrogen-bond acceptors (Lipinski definition) is 6. The quantitative estimate of drug-likeness (QED) is 0.717. The molecule has 2 N–H and O–H groups in total. The van der Waals surface area contributed by atoms with Gasteiger partial charge in [-0.1, -0.05) is 13.8 Å². The molecule has 3 fully saturated rings. The van der Waals surface area contributed by atoms with Crippen molar-refractivity contribution < 1.29 is 24.2 Å². The Hall–Kier alpha value is -2.35. The Morgan fingerprint density at radius 2 is 2.24 bits per heavy atom. The Balaban J connectivity index is 1.52. The predicted octanol–water partition coefficient (Wildman–Crippen LogP) is 1.93. The van der Waals surface area contributed by atoms with Crippen LogP contribution in [0.15, 0.2) is 12.1 Å². The summed E-state index contributed by atoms with van der Waals surface area (Å²) in [6.07, 6.45) is 2.69. The minimum atomic E-state index is -1.06. The van der Waals surface area contributed by atoms with E-state index in [1.165, 1.54) is 6.07 Å². The molecule has 1 spiro atoms. The highest BCUT2D eigenvalue weighted by Crippen LogP contribution is 2.55. The summed E-state index contributed by atoms with van der Waals surface area (Å²) in [5.74, 6) is 1.01. The lowest BCUT2D eigenvalue weighted by Gasteiger charge is -2.29. The Morgan fingerprint density at radius 3 is 2.93 bits per heavy atom. The van der Waals surface area contributed by atoms with Crippen LogP contribution >= 0.6 is 0 Å². The highest BCUT2D eigenvalue weighted by molar-refractivity contribution is 5.86. The molecule has 3 saturated heterocycles. The van der Waals surface area contributed by atoms with Crippen LogP contribution in [0.2, 0.25) is 0 Å². The van der Waals surface area contributed by atoms with Gasteiger partial charge in [-0.3, -0.25) is 4.79 Å². The van der Waals surface area contributed by atoms with Gasteiger partial charge in [-0.05, 0) is 30.9 Å². The van der Waals surface area contributed by atoms with E-state index in [4.69, 9.17) is 9.47 Å². The van der Waals surface area contributed by atoms with Crippen LogP contribution in [-0.2, 0) is 9.53 Å². The van der Waals surface area contributed by atoms with E-state index >= 15 is 0 Å². The molecule has 0 radical (unpaired) electrons. The van der Waals surface area contributed by atoms with E-state index in [0.29, 0.717) is 43.5 Å². The van der Waals surface area contributed by atoms with E-state index in [1.54, 1.807) is 13.2 Å². The maximum absolute atomic E-state index is 12.1. The van der Waals surface area contributed by atoms with Crippen LogP contribution in [-0.4, -0.2) is 60.4 Å². The summed E-state index contributed by atoms with van der Waals surface area (Å²) in [5.41, 5.74) is -0.248. The maximum Gasteiger partial charge on any atom is 0.354 e. The number of nitrogens with zero attached hydrogens (tertiary/aromatic N) is 2. The van der Waals surface area contributed by atoms with Gasteiger partial charge in [-0.2, -0.15) is 0 Å². The van der Waals surface area contributed by atoms with Crippen molar-refractivity contribution in [1.29, 1.82) is 0 Å². The fourth-order valence-corrected chi connectivity index (χ4v) is 5.24. The second-order valence-electron chi connectivity index (χ2n) is 8.84. The summed E-state index contributed by atoms with van der Waals surface area (Å²) in [4.78, 5) is 29.9. The van der Waals surface area contributed by atoms with E-state index in [0.717, 1.165) is 12.8 Å². The summed E-state index contributed by atoms with van der Waals surface area (Å²) in [6.45, 7) is 6.08. The van der Waals surface area contributed by atoms with Crippen molar-refractivity contribution >= 4 is 17.7 Å². The number of nitrogens with one attached hydrogen (secondary N) is 1. The minimum Gasteiger partial charge on any atom is -0.493 e. The molecule has 0 aromatic carbocycles. The minimum absolute atomic E-state index is 0.00178. The molecule has 8 nitrogen and oxygen atoms in total. The van der Waals surface area contributed by atoms with E-state index in [1.807, 2.05) is 13.8 Å². The topological polar surface area (TPSA) is 101 Å². The monoisotopic (exact) mass is 403 g/mol. The van der Waals surface area contributed by atoms with E-state index in [2.05, 4.69) is 15.2 Å². The molecule has 8 heteroatoms. The van der Waals surface area contributed by atoms with Crippen LogP contribution in [0.5, 0.6) is 5.75 Å². The third kappa shape index (κ3) is 3.54. The van der Waals surface area contributed by atoms with Gasteiger partial charge in [0, 0.05) is 37.9 Å². The van der Waals surface area contributed by atoms with E-state index < -0.39 is 5.97 Å². The van der Waals surface area contributed by atoms with Crippen LogP contribution < -0.4 is 15.0 Å². The van der Waals surface area contributed by atoms with Crippen molar-refractivity contribution in [1.82, 2.24) is 10.3 Å². The molecule has 1 amide bonds. The molecule has 3 aliphatic rings. The number of aromatic carboxylic acids is 1. The molecule has 0 saturated carbocycles. The van der Waals surface area contributed by atoms with Gasteiger partial charge in [-0.15, -0.1) is 0 Å². The lowest BCUT2D eigenvalue weighted by atomic mass is 9.73. The molecule has 158 valence electrons. The highest BCUT2D eigenvalue weighted by Gasteiger charge is 2.63. The van der Waals surface area contributed by atoms with Crippen molar-refractivity contribution in [2.75, 3.05) is 31.6 Å². The normalized spacial score (nSPS) is 29.9. The number of rotatable bonds is 7. The smallest absolute Gasteiger partial charge is 0.354 e. The molecule has 1 aromatic rings. The molecular formula is C21H29N3O5. The third-order valence-corrected chi connectivity index (χ3v) is 6.49. The number of ether oxygens (including phenoxy) is 2. The van der Waals surface area contributed by atoms with Gasteiger partial charge in [0.05, 0.1) is 18.8 Å². The average molecular weight is 403 g/mol. The van der Waals surface area contributed by atoms with Crippen molar-refractivity contribution in [3.8, 4) is 5.75 Å². The largest absolute Gasteiger partial charge is 0.493 e. The lowest BCUT2D eigenvalue weighted by Crippen LogP contribution is -2.42. The van der Waals surface area contributed by atoms with Gasteiger partial charge < -0.3 is 24.8 Å². The van der Waals surface area contributed by atoms with Gasteiger partial charge in [0.1, 0.15) is 0 Å². The van der Waals surface area contributed by atoms with Crippen molar-refractivity contribution in [2.24, 2.45) is 17.8 Å². The van der Waals surface area contributed by atoms with Gasteiger partial charge in [-0.25, -0.2) is 9.78 Å². The second kappa shape index (κ2) is 7.48. The summed E-state index contributed by atoms with van der Waals surface area (Å²) in [7, 11) is 1.56. The van der Waals surface area contributed by atoms with Crippen LogP contribution in [0.3, 0.4) is 0 Å². The first-order valence-corrected chi connectivity index (χ1v) is 10.3. The van der Waals surface area contributed by atoms with Crippen LogP contribution in [0.1, 0.15) is 43.6 Å². The van der Waals surface area contributed by atoms with Crippen molar-refractivity contribution in [3.63, 3.8) is 0 Å². The Kier molecular flexibility index (Phi) is 5.14. The summed E-state index contributed by atoms with van der Waals surface area (Å²) >= 11 is 0. The maximum atomic E-state index is 12.1. The van der Waals surface area contributed by atoms with Gasteiger partial charge in [0.2, 0.25) is 5.91 Å². The predicted molar refractivity (Wildman–Crippen MR) is 106 cm³/mol. The van der Waals surface area contributed by atoms with Crippen molar-refractivity contribution in [3.05, 3.63) is 17.8 Å². The van der Waals surface area contributed by atoms with Gasteiger partial charge >= 0.3 is 5.97 Å². The highest BCUT2D eigenvalue weighted by atomic mass is 16.5. The fraction of sp³-hybridized carbons (Fsp3) is 0.667. The zero-order valence-electron chi connectivity index (χ0n) is 17.2.